The third-order valence-electron chi connectivity index (χ3n) is 4.33. The first-order valence-corrected chi connectivity index (χ1v) is 9.54. The summed E-state index contributed by atoms with van der Waals surface area (Å²) in [4.78, 5) is 15.1. The number of halogens is 1. The maximum absolute atomic E-state index is 13.2. The maximum atomic E-state index is 13.2. The molecule has 0 saturated carbocycles. The van der Waals surface area contributed by atoms with Gasteiger partial charge in [-0.15, -0.1) is 11.8 Å². The van der Waals surface area contributed by atoms with Gasteiger partial charge in [-0.2, -0.15) is 5.10 Å². The van der Waals surface area contributed by atoms with Crippen molar-refractivity contribution in [3.63, 3.8) is 0 Å². The number of aromatic nitrogens is 2. The fraction of sp³-hybridized carbons (Fsp3) is 0.412. The molecule has 1 saturated heterocycles. The Hall–Kier alpha value is -1.47. The van der Waals surface area contributed by atoms with Gasteiger partial charge in [0.25, 0.3) is 5.91 Å². The fourth-order valence-electron chi connectivity index (χ4n) is 3.06. The standard InChI is InChI=1S/C17H20BrN3O2S/c1-10-15(11(2)20(3)19-10)16(22)21-7-8-24-17(21)13-9-12(18)5-6-14(13)23-4/h5-6,9,17H,7-8H2,1-4H3. The number of carbonyl (C=O) groups excluding carboxylic acids is 1. The Morgan fingerprint density at radius 1 is 1.42 bits per heavy atom. The number of aryl methyl sites for hydroxylation is 2. The summed E-state index contributed by atoms with van der Waals surface area (Å²) in [5.41, 5.74) is 3.40. The average molecular weight is 410 g/mol. The number of amides is 1. The highest BCUT2D eigenvalue weighted by Gasteiger charge is 2.35. The molecule has 0 radical (unpaired) electrons. The molecule has 5 nitrogen and oxygen atoms in total. The number of thioether (sulfide) groups is 1. The second-order valence-corrected chi connectivity index (χ2v) is 7.88. The van der Waals surface area contributed by atoms with Crippen LogP contribution in [-0.2, 0) is 7.05 Å². The van der Waals surface area contributed by atoms with Gasteiger partial charge in [0.05, 0.1) is 18.4 Å². The van der Waals surface area contributed by atoms with E-state index in [2.05, 4.69) is 21.0 Å². The van der Waals surface area contributed by atoms with E-state index in [0.717, 1.165) is 39.5 Å². The van der Waals surface area contributed by atoms with E-state index in [1.165, 1.54) is 0 Å². The fourth-order valence-corrected chi connectivity index (χ4v) is 4.71. The van der Waals surface area contributed by atoms with Crippen molar-refractivity contribution in [1.82, 2.24) is 14.7 Å². The van der Waals surface area contributed by atoms with Crippen molar-refractivity contribution in [2.45, 2.75) is 19.2 Å². The van der Waals surface area contributed by atoms with Crippen LogP contribution in [0.1, 0.15) is 32.7 Å². The minimum atomic E-state index is -0.0519. The normalized spacial score (nSPS) is 17.4. The van der Waals surface area contributed by atoms with Gasteiger partial charge in [-0.05, 0) is 32.0 Å². The third kappa shape index (κ3) is 2.95. The van der Waals surface area contributed by atoms with Gasteiger partial charge in [-0.25, -0.2) is 0 Å². The molecule has 3 rings (SSSR count). The number of hydrogen-bond acceptors (Lipinski definition) is 4. The van der Waals surface area contributed by atoms with Crippen LogP contribution in [-0.4, -0.2) is 40.0 Å². The zero-order valence-corrected chi connectivity index (χ0v) is 16.6. The van der Waals surface area contributed by atoms with Gasteiger partial charge in [0.15, 0.2) is 0 Å². The summed E-state index contributed by atoms with van der Waals surface area (Å²) in [5, 5.41) is 4.33. The highest BCUT2D eigenvalue weighted by Crippen LogP contribution is 2.43. The second-order valence-electron chi connectivity index (χ2n) is 5.78. The van der Waals surface area contributed by atoms with Crippen LogP contribution in [0.5, 0.6) is 5.75 Å². The zero-order chi connectivity index (χ0) is 17.4. The number of carbonyl (C=O) groups is 1. The van der Waals surface area contributed by atoms with Gasteiger partial charge in [0.1, 0.15) is 11.1 Å². The number of benzene rings is 1. The molecule has 1 amide bonds. The van der Waals surface area contributed by atoms with Crippen LogP contribution in [0, 0.1) is 13.8 Å². The van der Waals surface area contributed by atoms with Crippen molar-refractivity contribution in [3.8, 4) is 5.75 Å². The van der Waals surface area contributed by atoms with Crippen LogP contribution in [0.15, 0.2) is 22.7 Å². The molecule has 0 N–H and O–H groups in total. The number of rotatable bonds is 3. The second kappa shape index (κ2) is 6.80. The maximum Gasteiger partial charge on any atom is 0.258 e. The number of nitrogens with zero attached hydrogens (tertiary/aromatic N) is 3. The van der Waals surface area contributed by atoms with Gasteiger partial charge >= 0.3 is 0 Å². The molecule has 0 bridgehead atoms. The van der Waals surface area contributed by atoms with Crippen LogP contribution in [0.2, 0.25) is 0 Å². The Morgan fingerprint density at radius 3 is 2.79 bits per heavy atom. The van der Waals surface area contributed by atoms with Crippen molar-refractivity contribution in [2.75, 3.05) is 19.4 Å². The Balaban J connectivity index is 1.99. The molecular weight excluding hydrogens is 390 g/mol. The van der Waals surface area contributed by atoms with Gasteiger partial charge < -0.3 is 9.64 Å². The molecule has 128 valence electrons. The van der Waals surface area contributed by atoms with Crippen LogP contribution >= 0.6 is 27.7 Å². The summed E-state index contributed by atoms with van der Waals surface area (Å²) in [6.45, 7) is 4.54. The lowest BCUT2D eigenvalue weighted by atomic mass is 10.1. The van der Waals surface area contributed by atoms with E-state index in [4.69, 9.17) is 4.74 Å². The molecule has 0 spiro atoms. The quantitative estimate of drug-likeness (QED) is 0.775. The zero-order valence-electron chi connectivity index (χ0n) is 14.2. The third-order valence-corrected chi connectivity index (χ3v) is 6.07. The predicted molar refractivity (Wildman–Crippen MR) is 99.6 cm³/mol. The van der Waals surface area contributed by atoms with E-state index in [1.807, 2.05) is 44.0 Å². The van der Waals surface area contributed by atoms with Gasteiger partial charge in [0, 0.05) is 35.1 Å². The van der Waals surface area contributed by atoms with E-state index in [-0.39, 0.29) is 11.3 Å². The first kappa shape index (κ1) is 17.4. The highest BCUT2D eigenvalue weighted by molar-refractivity contribution is 9.10. The lowest BCUT2D eigenvalue weighted by Gasteiger charge is -2.25. The van der Waals surface area contributed by atoms with Crippen molar-refractivity contribution in [1.29, 1.82) is 0 Å². The van der Waals surface area contributed by atoms with Crippen molar-refractivity contribution in [2.24, 2.45) is 7.05 Å². The van der Waals surface area contributed by atoms with E-state index in [9.17, 15) is 4.79 Å². The van der Waals surface area contributed by atoms with Crippen LogP contribution in [0.4, 0.5) is 0 Å². The Morgan fingerprint density at radius 2 is 2.17 bits per heavy atom. The summed E-state index contributed by atoms with van der Waals surface area (Å²) < 4.78 is 8.25. The van der Waals surface area contributed by atoms with Crippen molar-refractivity contribution in [3.05, 3.63) is 45.2 Å². The molecule has 1 fully saturated rings. The molecule has 1 atom stereocenters. The smallest absolute Gasteiger partial charge is 0.258 e. The summed E-state index contributed by atoms with van der Waals surface area (Å²) >= 11 is 5.28. The molecule has 24 heavy (non-hydrogen) atoms. The number of hydrogen-bond donors (Lipinski definition) is 0. The number of ether oxygens (including phenoxy) is 1. The molecule has 1 aromatic heterocycles. The monoisotopic (exact) mass is 409 g/mol. The Bertz CT molecular complexity index is 790. The van der Waals surface area contributed by atoms with Crippen molar-refractivity contribution >= 4 is 33.6 Å². The van der Waals surface area contributed by atoms with Gasteiger partial charge in [-0.1, -0.05) is 15.9 Å². The molecule has 7 heteroatoms. The summed E-state index contributed by atoms with van der Waals surface area (Å²) in [6, 6.07) is 5.91. The molecular formula is C17H20BrN3O2S. The minimum absolute atomic E-state index is 0.0372. The van der Waals surface area contributed by atoms with E-state index in [1.54, 1.807) is 23.6 Å². The lowest BCUT2D eigenvalue weighted by Crippen LogP contribution is -2.31. The van der Waals surface area contributed by atoms with Crippen LogP contribution in [0.3, 0.4) is 0 Å². The van der Waals surface area contributed by atoms with E-state index < -0.39 is 0 Å². The van der Waals surface area contributed by atoms with Crippen molar-refractivity contribution < 1.29 is 9.53 Å². The Labute approximate surface area is 154 Å². The first-order valence-electron chi connectivity index (χ1n) is 7.70. The molecule has 1 unspecified atom stereocenters. The molecule has 0 aliphatic carbocycles. The Kier molecular flexibility index (Phi) is 4.92. The minimum Gasteiger partial charge on any atom is -0.496 e. The van der Waals surface area contributed by atoms with Gasteiger partial charge in [-0.3, -0.25) is 9.48 Å². The largest absolute Gasteiger partial charge is 0.496 e. The first-order chi connectivity index (χ1) is 11.4. The molecule has 1 aliphatic heterocycles. The van der Waals surface area contributed by atoms with Gasteiger partial charge in [0.2, 0.25) is 0 Å². The van der Waals surface area contributed by atoms with E-state index in [0.29, 0.717) is 5.56 Å². The van der Waals surface area contributed by atoms with Crippen LogP contribution in [0.25, 0.3) is 0 Å². The van der Waals surface area contributed by atoms with E-state index >= 15 is 0 Å². The molecule has 2 aromatic rings. The summed E-state index contributed by atoms with van der Waals surface area (Å²) in [6.07, 6.45) is 0. The lowest BCUT2D eigenvalue weighted by molar-refractivity contribution is 0.0757. The molecule has 1 aromatic carbocycles. The highest BCUT2D eigenvalue weighted by atomic mass is 79.9. The van der Waals surface area contributed by atoms with Crippen LogP contribution < -0.4 is 4.74 Å². The molecule has 1 aliphatic rings. The molecule has 2 heterocycles. The summed E-state index contributed by atoms with van der Waals surface area (Å²) in [5.74, 6) is 1.75. The SMILES string of the molecule is COc1ccc(Br)cc1C1SCCN1C(=O)c1c(C)nn(C)c1C. The predicted octanol–water partition coefficient (Wildman–Crippen LogP) is 3.70. The topological polar surface area (TPSA) is 47.4 Å². The summed E-state index contributed by atoms with van der Waals surface area (Å²) in [7, 11) is 3.53. The number of methoxy groups -OCH3 is 1. The average Bonchev–Trinajstić information content (AvgIpc) is 3.12.